The molecule has 0 radical (unpaired) electrons. The van der Waals surface area contributed by atoms with Gasteiger partial charge in [-0.25, -0.2) is 0 Å². The van der Waals surface area contributed by atoms with Crippen LogP contribution in [0, 0.1) is 0 Å². The molecule has 1 unspecified atom stereocenters. The molecule has 0 aliphatic carbocycles. The van der Waals surface area contributed by atoms with Crippen molar-refractivity contribution in [2.45, 2.75) is 17.4 Å². The molecule has 25 heavy (non-hydrogen) atoms. The van der Waals surface area contributed by atoms with Crippen LogP contribution >= 0.6 is 0 Å². The number of nitrogens with one attached hydrogen (secondary N) is 1. The number of hydrogen-bond donors (Lipinski definition) is 2. The van der Waals surface area contributed by atoms with Crippen molar-refractivity contribution in [2.24, 2.45) is 5.73 Å². The number of hydrogen-bond acceptors (Lipinski definition) is 2. The molecule has 0 bridgehead atoms. The molecule has 1 atom stereocenters. The Morgan fingerprint density at radius 3 is 1.56 bits per heavy atom. The van der Waals surface area contributed by atoms with Gasteiger partial charge in [0.2, 0.25) is 0 Å². The van der Waals surface area contributed by atoms with E-state index in [1.807, 2.05) is 0 Å². The summed E-state index contributed by atoms with van der Waals surface area (Å²) in [6.07, 6.45) is 0.953. The molecule has 3 N–H and O–H groups in total. The van der Waals surface area contributed by atoms with E-state index in [4.69, 9.17) is 5.73 Å². The van der Waals surface area contributed by atoms with Gasteiger partial charge in [0.15, 0.2) is 0 Å². The average Bonchev–Trinajstić information content (AvgIpc) is 3.13. The second kappa shape index (κ2) is 6.47. The summed E-state index contributed by atoms with van der Waals surface area (Å²) >= 11 is 0. The van der Waals surface area contributed by atoms with E-state index in [0.29, 0.717) is 6.54 Å². The maximum atomic E-state index is 6.32. The molecule has 0 saturated carbocycles. The van der Waals surface area contributed by atoms with Crippen LogP contribution in [0.2, 0.25) is 0 Å². The molecule has 1 aliphatic rings. The molecule has 2 heteroatoms. The summed E-state index contributed by atoms with van der Waals surface area (Å²) in [6.45, 7) is 1.46. The lowest BCUT2D eigenvalue weighted by atomic mass is 9.69. The van der Waals surface area contributed by atoms with Gasteiger partial charge in [-0.3, -0.25) is 0 Å². The van der Waals surface area contributed by atoms with Gasteiger partial charge < -0.3 is 11.1 Å². The molecule has 4 rings (SSSR count). The largest absolute Gasteiger partial charge is 0.328 e. The zero-order chi connectivity index (χ0) is 17.2. The van der Waals surface area contributed by atoms with Gasteiger partial charge in [-0.15, -0.1) is 0 Å². The van der Waals surface area contributed by atoms with Gasteiger partial charge in [-0.1, -0.05) is 91.0 Å². The highest BCUT2D eigenvalue weighted by Gasteiger charge is 2.49. The fourth-order valence-electron chi connectivity index (χ4n) is 4.27. The van der Waals surface area contributed by atoms with Gasteiger partial charge >= 0.3 is 0 Å². The van der Waals surface area contributed by atoms with Crippen LogP contribution in [0.4, 0.5) is 0 Å². The van der Waals surface area contributed by atoms with Crippen LogP contribution in [0.3, 0.4) is 0 Å². The van der Waals surface area contributed by atoms with Gasteiger partial charge in [0.25, 0.3) is 0 Å². The molecule has 1 heterocycles. The third-order valence-corrected chi connectivity index (χ3v) is 5.66. The predicted octanol–water partition coefficient (Wildman–Crippen LogP) is 3.82. The van der Waals surface area contributed by atoms with Gasteiger partial charge in [-0.05, 0) is 23.1 Å². The summed E-state index contributed by atoms with van der Waals surface area (Å²) < 4.78 is 0. The van der Waals surface area contributed by atoms with Crippen LogP contribution < -0.4 is 11.1 Å². The van der Waals surface area contributed by atoms with Crippen molar-refractivity contribution in [3.63, 3.8) is 0 Å². The average molecular weight is 328 g/mol. The Morgan fingerprint density at radius 2 is 1.12 bits per heavy atom. The molecule has 0 aromatic heterocycles. The van der Waals surface area contributed by atoms with E-state index in [-0.39, 0.29) is 11.0 Å². The van der Waals surface area contributed by atoms with Crippen LogP contribution in [0.25, 0.3) is 0 Å². The fourth-order valence-corrected chi connectivity index (χ4v) is 4.27. The predicted molar refractivity (Wildman–Crippen MR) is 103 cm³/mol. The standard InChI is InChI=1S/C23H24N2/c24-17-23(21-14-8-3-9-15-21)16-22(18-25-23,19-10-4-1-5-11-19)20-12-6-2-7-13-20/h1-15,25H,16-18,24H2. The summed E-state index contributed by atoms with van der Waals surface area (Å²) in [7, 11) is 0. The Kier molecular flexibility index (Phi) is 4.16. The summed E-state index contributed by atoms with van der Waals surface area (Å²) in [5.74, 6) is 0. The minimum absolute atomic E-state index is 0.0717. The quantitative estimate of drug-likeness (QED) is 0.764. The highest BCUT2D eigenvalue weighted by Crippen LogP contribution is 2.46. The van der Waals surface area contributed by atoms with E-state index in [9.17, 15) is 0 Å². The molecular weight excluding hydrogens is 304 g/mol. The topological polar surface area (TPSA) is 38.0 Å². The Hall–Kier alpha value is -2.42. The summed E-state index contributed by atoms with van der Waals surface area (Å²) in [4.78, 5) is 0. The minimum atomic E-state index is -0.201. The van der Waals surface area contributed by atoms with Crippen molar-refractivity contribution in [3.05, 3.63) is 108 Å². The SMILES string of the molecule is NCC1(c2ccccc2)CC(c2ccccc2)(c2ccccc2)CN1. The Morgan fingerprint density at radius 1 is 0.680 bits per heavy atom. The number of rotatable bonds is 4. The zero-order valence-electron chi connectivity index (χ0n) is 14.4. The lowest BCUT2D eigenvalue weighted by Gasteiger charge is -2.34. The third-order valence-electron chi connectivity index (χ3n) is 5.66. The van der Waals surface area contributed by atoms with Crippen LogP contribution in [-0.4, -0.2) is 13.1 Å². The smallest absolute Gasteiger partial charge is 0.0571 e. The lowest BCUT2D eigenvalue weighted by Crippen LogP contribution is -2.43. The molecular formula is C23H24N2. The second-order valence-corrected chi connectivity index (χ2v) is 7.00. The van der Waals surface area contributed by atoms with Crippen molar-refractivity contribution in [1.82, 2.24) is 5.32 Å². The van der Waals surface area contributed by atoms with Crippen LogP contribution in [0.15, 0.2) is 91.0 Å². The lowest BCUT2D eigenvalue weighted by molar-refractivity contribution is 0.385. The Labute approximate surface area is 149 Å². The first-order valence-electron chi connectivity index (χ1n) is 8.91. The van der Waals surface area contributed by atoms with Gasteiger partial charge in [-0.2, -0.15) is 0 Å². The maximum absolute atomic E-state index is 6.32. The van der Waals surface area contributed by atoms with Gasteiger partial charge in [0.1, 0.15) is 0 Å². The second-order valence-electron chi connectivity index (χ2n) is 7.00. The Bertz CT molecular complexity index is 775. The van der Waals surface area contributed by atoms with E-state index < -0.39 is 0 Å². The molecule has 1 fully saturated rings. The first kappa shape index (κ1) is 16.1. The van der Waals surface area contributed by atoms with Crippen LogP contribution in [0.1, 0.15) is 23.1 Å². The van der Waals surface area contributed by atoms with Crippen LogP contribution in [0.5, 0.6) is 0 Å². The molecule has 3 aromatic carbocycles. The van der Waals surface area contributed by atoms with Crippen molar-refractivity contribution in [3.8, 4) is 0 Å². The van der Waals surface area contributed by atoms with Crippen molar-refractivity contribution < 1.29 is 0 Å². The summed E-state index contributed by atoms with van der Waals surface area (Å²) in [6, 6.07) is 32.3. The van der Waals surface area contributed by atoms with Crippen molar-refractivity contribution >= 4 is 0 Å². The Balaban J connectivity index is 1.85. The van der Waals surface area contributed by atoms with E-state index in [0.717, 1.165) is 13.0 Å². The monoisotopic (exact) mass is 328 g/mol. The fraction of sp³-hybridized carbons (Fsp3) is 0.217. The normalized spacial score (nSPS) is 22.0. The highest BCUT2D eigenvalue weighted by atomic mass is 15.1. The van der Waals surface area contributed by atoms with E-state index in [1.54, 1.807) is 0 Å². The summed E-state index contributed by atoms with van der Waals surface area (Å²) in [5, 5.41) is 3.80. The van der Waals surface area contributed by atoms with Gasteiger partial charge in [0, 0.05) is 18.5 Å². The maximum Gasteiger partial charge on any atom is 0.0571 e. The molecule has 2 nitrogen and oxygen atoms in total. The first-order chi connectivity index (χ1) is 12.3. The van der Waals surface area contributed by atoms with Crippen LogP contribution in [-0.2, 0) is 11.0 Å². The molecule has 0 spiro atoms. The van der Waals surface area contributed by atoms with E-state index >= 15 is 0 Å². The zero-order valence-corrected chi connectivity index (χ0v) is 14.4. The van der Waals surface area contributed by atoms with Gasteiger partial charge in [0.05, 0.1) is 5.54 Å². The molecule has 3 aromatic rings. The van der Waals surface area contributed by atoms with E-state index in [1.165, 1.54) is 16.7 Å². The molecule has 126 valence electrons. The third kappa shape index (κ3) is 2.68. The highest BCUT2D eigenvalue weighted by molar-refractivity contribution is 5.44. The number of benzene rings is 3. The van der Waals surface area contributed by atoms with Crippen molar-refractivity contribution in [2.75, 3.05) is 13.1 Å². The summed E-state index contributed by atoms with van der Waals surface area (Å²) in [5.41, 5.74) is 10.0. The first-order valence-corrected chi connectivity index (χ1v) is 8.91. The van der Waals surface area contributed by atoms with E-state index in [2.05, 4.69) is 96.3 Å². The molecule has 1 aliphatic heterocycles. The van der Waals surface area contributed by atoms with Crippen molar-refractivity contribution in [1.29, 1.82) is 0 Å². The minimum Gasteiger partial charge on any atom is -0.328 e. The molecule has 1 saturated heterocycles. The number of nitrogens with two attached hydrogens (primary N) is 1. The molecule has 0 amide bonds.